The van der Waals surface area contributed by atoms with Crippen molar-refractivity contribution in [2.45, 2.75) is 24.5 Å². The summed E-state index contributed by atoms with van der Waals surface area (Å²) >= 11 is 1.43. The van der Waals surface area contributed by atoms with Gasteiger partial charge in [0.2, 0.25) is 5.91 Å². The summed E-state index contributed by atoms with van der Waals surface area (Å²) in [4.78, 5) is 28.9. The van der Waals surface area contributed by atoms with Gasteiger partial charge in [0.25, 0.3) is 5.91 Å². The third-order valence-electron chi connectivity index (χ3n) is 2.76. The Hall–Kier alpha value is -1.04. The third-order valence-corrected chi connectivity index (χ3v) is 3.97. The van der Waals surface area contributed by atoms with E-state index < -0.39 is 0 Å². The number of hydrogen-bond acceptors (Lipinski definition) is 4. The van der Waals surface area contributed by atoms with Crippen molar-refractivity contribution in [3.05, 3.63) is 0 Å². The van der Waals surface area contributed by atoms with E-state index in [1.54, 1.807) is 7.05 Å². The lowest BCUT2D eigenvalue weighted by Crippen LogP contribution is -2.26. The van der Waals surface area contributed by atoms with Crippen LogP contribution in [-0.4, -0.2) is 47.3 Å². The molecule has 0 saturated carbocycles. The van der Waals surface area contributed by atoms with E-state index in [4.69, 9.17) is 0 Å². The number of amides is 2. The molecule has 88 valence electrons. The lowest BCUT2D eigenvalue weighted by atomic mass is 10.3. The van der Waals surface area contributed by atoms with Crippen LogP contribution in [0.15, 0.2) is 4.99 Å². The first kappa shape index (κ1) is 11.4. The minimum absolute atomic E-state index is 0.108. The van der Waals surface area contributed by atoms with Crippen LogP contribution in [0.5, 0.6) is 0 Å². The fourth-order valence-electron chi connectivity index (χ4n) is 1.82. The van der Waals surface area contributed by atoms with E-state index in [9.17, 15) is 9.59 Å². The van der Waals surface area contributed by atoms with Gasteiger partial charge in [0, 0.05) is 26.6 Å². The zero-order valence-electron chi connectivity index (χ0n) is 9.23. The summed E-state index contributed by atoms with van der Waals surface area (Å²) in [5.41, 5.74) is 0. The first-order valence-electron chi connectivity index (χ1n) is 5.45. The van der Waals surface area contributed by atoms with Crippen LogP contribution in [0.3, 0.4) is 0 Å². The van der Waals surface area contributed by atoms with Crippen LogP contribution in [0.1, 0.15) is 19.3 Å². The number of likely N-dealkylation sites (tertiary alicyclic amines) is 1. The molecular weight excluding hydrogens is 226 g/mol. The normalized spacial score (nSPS) is 24.8. The van der Waals surface area contributed by atoms with Gasteiger partial charge in [-0.1, -0.05) is 11.8 Å². The van der Waals surface area contributed by atoms with E-state index in [1.807, 2.05) is 0 Å². The summed E-state index contributed by atoms with van der Waals surface area (Å²) in [7, 11) is 1.58. The maximum absolute atomic E-state index is 11.6. The Bertz CT molecular complexity index is 337. The van der Waals surface area contributed by atoms with Crippen LogP contribution in [0, 0.1) is 0 Å². The Morgan fingerprint density at radius 3 is 2.88 bits per heavy atom. The van der Waals surface area contributed by atoms with Crippen molar-refractivity contribution in [1.82, 2.24) is 10.2 Å². The van der Waals surface area contributed by atoms with Gasteiger partial charge in [0.05, 0.1) is 0 Å². The third kappa shape index (κ3) is 2.37. The second-order valence-electron chi connectivity index (χ2n) is 3.91. The van der Waals surface area contributed by atoms with Crippen molar-refractivity contribution in [3.8, 4) is 0 Å². The van der Waals surface area contributed by atoms with Gasteiger partial charge in [-0.05, 0) is 12.8 Å². The molecule has 2 amide bonds. The molecule has 0 spiro atoms. The molecule has 0 aromatic carbocycles. The summed E-state index contributed by atoms with van der Waals surface area (Å²) in [6, 6.07) is 0. The molecule has 1 unspecified atom stereocenters. The van der Waals surface area contributed by atoms with Crippen molar-refractivity contribution in [2.75, 3.05) is 20.1 Å². The Morgan fingerprint density at radius 2 is 2.25 bits per heavy atom. The van der Waals surface area contributed by atoms with Gasteiger partial charge in [-0.15, -0.1) is 0 Å². The maximum Gasteiger partial charge on any atom is 0.262 e. The summed E-state index contributed by atoms with van der Waals surface area (Å²) in [6.07, 6.45) is 2.54. The maximum atomic E-state index is 11.6. The summed E-state index contributed by atoms with van der Waals surface area (Å²) < 4.78 is 0. The molecule has 0 radical (unpaired) electrons. The van der Waals surface area contributed by atoms with Crippen LogP contribution in [0.25, 0.3) is 0 Å². The highest BCUT2D eigenvalue weighted by molar-refractivity contribution is 8.15. The van der Waals surface area contributed by atoms with Crippen molar-refractivity contribution in [2.24, 2.45) is 4.99 Å². The van der Waals surface area contributed by atoms with Gasteiger partial charge in [0.1, 0.15) is 5.25 Å². The molecule has 1 N–H and O–H groups in total. The first-order chi connectivity index (χ1) is 7.70. The second kappa shape index (κ2) is 4.86. The Balaban J connectivity index is 1.93. The molecule has 2 rings (SSSR count). The quantitative estimate of drug-likeness (QED) is 0.751. The molecule has 2 aliphatic rings. The van der Waals surface area contributed by atoms with E-state index >= 15 is 0 Å². The molecule has 1 saturated heterocycles. The standard InChI is InChI=1S/C10H15N3O2S/c1-11-8(14)6-7-9(15)12-10(16-7)13-4-2-3-5-13/h7H,2-6H2,1H3,(H,11,14). The number of amidine groups is 1. The van der Waals surface area contributed by atoms with E-state index in [1.165, 1.54) is 11.8 Å². The minimum Gasteiger partial charge on any atom is -0.359 e. The monoisotopic (exact) mass is 241 g/mol. The number of nitrogens with one attached hydrogen (secondary N) is 1. The number of carbonyl (C=O) groups is 2. The summed E-state index contributed by atoms with van der Waals surface area (Å²) in [5, 5.41) is 3.01. The van der Waals surface area contributed by atoms with Gasteiger partial charge < -0.3 is 10.2 Å². The van der Waals surface area contributed by atoms with Crippen LogP contribution in [0.4, 0.5) is 0 Å². The molecule has 5 nitrogen and oxygen atoms in total. The SMILES string of the molecule is CNC(=O)CC1SC(N2CCCC2)=NC1=O. The Morgan fingerprint density at radius 1 is 1.56 bits per heavy atom. The molecule has 2 aliphatic heterocycles. The predicted octanol–water partition coefficient (Wildman–Crippen LogP) is 0.216. The second-order valence-corrected chi connectivity index (χ2v) is 5.08. The fourth-order valence-corrected chi connectivity index (χ4v) is 2.94. The minimum atomic E-state index is -0.324. The molecule has 1 fully saturated rings. The Kier molecular flexibility index (Phi) is 3.48. The molecule has 0 bridgehead atoms. The van der Waals surface area contributed by atoms with E-state index in [2.05, 4.69) is 15.2 Å². The highest BCUT2D eigenvalue weighted by atomic mass is 32.2. The highest BCUT2D eigenvalue weighted by Gasteiger charge is 2.33. The zero-order valence-corrected chi connectivity index (χ0v) is 10.0. The first-order valence-corrected chi connectivity index (χ1v) is 6.33. The van der Waals surface area contributed by atoms with Gasteiger partial charge in [0.15, 0.2) is 5.17 Å². The predicted molar refractivity (Wildman–Crippen MR) is 63.3 cm³/mol. The van der Waals surface area contributed by atoms with E-state index in [0.29, 0.717) is 0 Å². The van der Waals surface area contributed by atoms with Gasteiger partial charge in [-0.25, -0.2) is 0 Å². The van der Waals surface area contributed by atoms with E-state index in [0.717, 1.165) is 31.1 Å². The highest BCUT2D eigenvalue weighted by Crippen LogP contribution is 2.28. The number of hydrogen-bond donors (Lipinski definition) is 1. The largest absolute Gasteiger partial charge is 0.359 e. The molecule has 0 aromatic rings. The van der Waals surface area contributed by atoms with Crippen LogP contribution < -0.4 is 5.32 Å². The van der Waals surface area contributed by atoms with Crippen molar-refractivity contribution in [3.63, 3.8) is 0 Å². The topological polar surface area (TPSA) is 61.8 Å². The van der Waals surface area contributed by atoms with E-state index in [-0.39, 0.29) is 23.5 Å². The van der Waals surface area contributed by atoms with Crippen molar-refractivity contribution < 1.29 is 9.59 Å². The molecule has 6 heteroatoms. The van der Waals surface area contributed by atoms with Crippen LogP contribution >= 0.6 is 11.8 Å². The van der Waals surface area contributed by atoms with Gasteiger partial charge in [-0.3, -0.25) is 9.59 Å². The lowest BCUT2D eigenvalue weighted by molar-refractivity contribution is -0.124. The van der Waals surface area contributed by atoms with Crippen molar-refractivity contribution in [1.29, 1.82) is 0 Å². The number of rotatable bonds is 2. The average molecular weight is 241 g/mol. The summed E-state index contributed by atoms with van der Waals surface area (Å²) in [5.74, 6) is -0.278. The van der Waals surface area contributed by atoms with Gasteiger partial charge >= 0.3 is 0 Å². The molecular formula is C10H15N3O2S. The van der Waals surface area contributed by atoms with Crippen LogP contribution in [0.2, 0.25) is 0 Å². The smallest absolute Gasteiger partial charge is 0.262 e. The average Bonchev–Trinajstić information content (AvgIpc) is 2.88. The fraction of sp³-hybridized carbons (Fsp3) is 0.700. The molecule has 16 heavy (non-hydrogen) atoms. The van der Waals surface area contributed by atoms with Crippen LogP contribution in [-0.2, 0) is 9.59 Å². The number of carbonyl (C=O) groups excluding carboxylic acids is 2. The molecule has 0 aliphatic carbocycles. The molecule has 1 atom stereocenters. The van der Waals surface area contributed by atoms with Crippen molar-refractivity contribution >= 4 is 28.7 Å². The Labute approximate surface area is 98.7 Å². The number of nitrogens with zero attached hydrogens (tertiary/aromatic N) is 2. The van der Waals surface area contributed by atoms with Gasteiger partial charge in [-0.2, -0.15) is 4.99 Å². The number of aliphatic imine (C=N–C) groups is 1. The summed E-state index contributed by atoms with van der Waals surface area (Å²) in [6.45, 7) is 1.96. The molecule has 0 aromatic heterocycles. The molecule has 2 heterocycles. The number of thioether (sulfide) groups is 1. The zero-order chi connectivity index (χ0) is 11.5. The lowest BCUT2D eigenvalue weighted by Gasteiger charge is -2.16.